The number of anilines is 2. The van der Waals surface area contributed by atoms with E-state index in [1.165, 1.54) is 0 Å². The Morgan fingerprint density at radius 2 is 0.968 bits per heavy atom. The molecular formula is C46H72Cl2N4O10. The minimum atomic E-state index is -0.838. The third kappa shape index (κ3) is 19.0. The van der Waals surface area contributed by atoms with Gasteiger partial charge in [0.1, 0.15) is 22.4 Å². The largest absolute Gasteiger partial charge is 0.444 e. The summed E-state index contributed by atoms with van der Waals surface area (Å²) < 4.78 is 21.4. The van der Waals surface area contributed by atoms with E-state index in [1.807, 2.05) is 41.5 Å². The van der Waals surface area contributed by atoms with E-state index >= 15 is 0 Å². The molecule has 350 valence electrons. The summed E-state index contributed by atoms with van der Waals surface area (Å²) in [6, 6.07) is 9.71. The van der Waals surface area contributed by atoms with Gasteiger partial charge < -0.3 is 33.9 Å². The second-order valence-corrected chi connectivity index (χ2v) is 19.9. The van der Waals surface area contributed by atoms with Crippen LogP contribution in [0.4, 0.5) is 30.6 Å². The van der Waals surface area contributed by atoms with Crippen molar-refractivity contribution in [3.8, 4) is 0 Å². The van der Waals surface area contributed by atoms with Crippen LogP contribution in [0, 0.1) is 11.8 Å². The van der Waals surface area contributed by atoms with Gasteiger partial charge in [-0.2, -0.15) is 0 Å². The molecular weight excluding hydrogens is 839 g/mol. The first-order valence-corrected chi connectivity index (χ1v) is 21.0. The molecule has 1 atom stereocenters. The zero-order valence-electron chi connectivity index (χ0n) is 37.1. The van der Waals surface area contributed by atoms with Crippen LogP contribution in [0.15, 0.2) is 36.4 Å². The lowest BCUT2D eigenvalue weighted by Gasteiger charge is -2.35. The lowest BCUT2D eigenvalue weighted by atomic mass is 9.87. The third-order valence-corrected chi connectivity index (χ3v) is 9.48. The van der Waals surface area contributed by atoms with Crippen LogP contribution in [0.2, 0.25) is 10.0 Å². The van der Waals surface area contributed by atoms with Gasteiger partial charge in [0.15, 0.2) is 5.78 Å². The molecule has 4 amide bonds. The molecule has 14 nitrogen and oxygen atoms in total. The summed E-state index contributed by atoms with van der Waals surface area (Å²) in [5.74, 6) is -0.477. The number of ether oxygens (including phenoxy) is 4. The summed E-state index contributed by atoms with van der Waals surface area (Å²) in [4.78, 5) is 65.3. The molecule has 2 saturated heterocycles. The van der Waals surface area contributed by atoms with Crippen LogP contribution in [0.25, 0.3) is 0 Å². The number of hydrogen-bond donors (Lipinski definition) is 3. The Hall–Kier alpha value is -4.27. The number of Topliss-reactive ketones (excluding diaryl/α,β-unsaturated/α-hetero) is 1. The maximum atomic E-state index is 13.2. The van der Waals surface area contributed by atoms with Crippen molar-refractivity contribution in [1.29, 1.82) is 0 Å². The second kappa shape index (κ2) is 22.9. The number of amides is 4. The molecule has 1 unspecified atom stereocenters. The fourth-order valence-electron chi connectivity index (χ4n) is 6.40. The predicted octanol–water partition coefficient (Wildman–Crippen LogP) is 12.2. The quantitative estimate of drug-likeness (QED) is 0.187. The van der Waals surface area contributed by atoms with Crippen molar-refractivity contribution in [3.05, 3.63) is 57.6 Å². The van der Waals surface area contributed by atoms with E-state index in [0.717, 1.165) is 0 Å². The zero-order chi connectivity index (χ0) is 45.4. The van der Waals surface area contributed by atoms with Gasteiger partial charge >= 0.3 is 24.4 Å². The van der Waals surface area contributed by atoms with Gasteiger partial charge in [-0.1, -0.05) is 38.1 Å². The fourth-order valence-corrected chi connectivity index (χ4v) is 6.75. The average Bonchev–Trinajstić information content (AvgIpc) is 3.10. The molecule has 2 aliphatic rings. The molecule has 0 spiro atoms. The molecule has 2 aromatic carbocycles. The van der Waals surface area contributed by atoms with Crippen LogP contribution in [0.1, 0.15) is 146 Å². The number of nitrogens with one attached hydrogen (secondary N) is 2. The van der Waals surface area contributed by atoms with Gasteiger partial charge in [0.05, 0.1) is 11.8 Å². The predicted molar refractivity (Wildman–Crippen MR) is 246 cm³/mol. The van der Waals surface area contributed by atoms with Crippen molar-refractivity contribution in [3.63, 3.8) is 0 Å². The number of halogens is 2. The van der Waals surface area contributed by atoms with E-state index in [-0.39, 0.29) is 44.7 Å². The number of carbonyl (C=O) groups is 5. The number of nitrogens with zero attached hydrogens (tertiary/aromatic N) is 2. The van der Waals surface area contributed by atoms with Gasteiger partial charge in [0.25, 0.3) is 0 Å². The number of piperidine rings is 2. The van der Waals surface area contributed by atoms with Crippen molar-refractivity contribution in [2.24, 2.45) is 11.8 Å². The van der Waals surface area contributed by atoms with E-state index in [2.05, 4.69) is 10.6 Å². The van der Waals surface area contributed by atoms with E-state index < -0.39 is 40.7 Å². The Labute approximate surface area is 379 Å². The Morgan fingerprint density at radius 3 is 1.39 bits per heavy atom. The molecule has 2 aliphatic heterocycles. The van der Waals surface area contributed by atoms with E-state index in [1.54, 1.807) is 87.7 Å². The number of aliphatic hydroxyl groups is 1. The van der Waals surface area contributed by atoms with Crippen LogP contribution in [0.3, 0.4) is 0 Å². The molecule has 0 radical (unpaired) electrons. The highest BCUT2D eigenvalue weighted by molar-refractivity contribution is 6.31. The van der Waals surface area contributed by atoms with Crippen molar-refractivity contribution in [2.75, 3.05) is 36.8 Å². The van der Waals surface area contributed by atoms with Crippen LogP contribution in [-0.2, 0) is 18.9 Å². The van der Waals surface area contributed by atoms with Crippen molar-refractivity contribution < 1.29 is 48.0 Å². The smallest absolute Gasteiger partial charge is 0.412 e. The first kappa shape index (κ1) is 55.7. The highest BCUT2D eigenvalue weighted by Gasteiger charge is 2.34. The first-order chi connectivity index (χ1) is 27.5. The molecule has 0 aromatic heterocycles. The van der Waals surface area contributed by atoms with E-state index in [4.69, 9.17) is 42.1 Å². The molecule has 4 rings (SSSR count). The maximum Gasteiger partial charge on any atom is 0.412 e. The molecule has 3 N–H and O–H groups in total. The molecule has 0 saturated carbocycles. The summed E-state index contributed by atoms with van der Waals surface area (Å²) in [6.07, 6.45) is -0.551. The van der Waals surface area contributed by atoms with Gasteiger partial charge in [0.2, 0.25) is 0 Å². The number of ketones is 1. The van der Waals surface area contributed by atoms with Crippen molar-refractivity contribution >= 4 is 64.7 Å². The molecule has 62 heavy (non-hydrogen) atoms. The monoisotopic (exact) mass is 910 g/mol. The van der Waals surface area contributed by atoms with Gasteiger partial charge in [-0.25, -0.2) is 19.2 Å². The minimum absolute atomic E-state index is 0. The van der Waals surface area contributed by atoms with Gasteiger partial charge in [0, 0.05) is 59.0 Å². The Bertz CT molecular complexity index is 1830. The highest BCUT2D eigenvalue weighted by atomic mass is 35.5. The summed E-state index contributed by atoms with van der Waals surface area (Å²) in [5.41, 5.74) is -0.723. The van der Waals surface area contributed by atoms with Crippen molar-refractivity contribution in [2.45, 2.75) is 152 Å². The Kier molecular flexibility index (Phi) is 20.6. The molecule has 0 aliphatic carbocycles. The average molecular weight is 912 g/mol. The van der Waals surface area contributed by atoms with Crippen LogP contribution in [-0.4, -0.2) is 93.6 Å². The minimum Gasteiger partial charge on any atom is -0.444 e. The molecule has 16 heteroatoms. The molecule has 0 bridgehead atoms. The van der Waals surface area contributed by atoms with E-state index in [9.17, 15) is 29.1 Å². The van der Waals surface area contributed by atoms with Gasteiger partial charge in [-0.15, -0.1) is 0 Å². The maximum absolute atomic E-state index is 13.2. The third-order valence-electron chi connectivity index (χ3n) is 9.01. The Balaban J connectivity index is 0.000000601. The van der Waals surface area contributed by atoms with Crippen LogP contribution < -0.4 is 10.6 Å². The number of rotatable bonds is 6. The number of carbonyl (C=O) groups excluding carboxylic acids is 5. The topological polar surface area (TPSA) is 173 Å². The lowest BCUT2D eigenvalue weighted by molar-refractivity contribution is 0.00763. The molecule has 2 aromatic rings. The normalized spacial score (nSPS) is 15.6. The van der Waals surface area contributed by atoms with Crippen molar-refractivity contribution in [1.82, 2.24) is 9.80 Å². The molecule has 2 heterocycles. The number of benzene rings is 2. The SMILES string of the molecule is C.C.CC(C)(C)OC(=O)Nc1ccc(Cl)cc1C(=O)C1CCN(C(=O)OC(C)(C)C)CC1.CC(C)(C)OC(=O)Nc1ccc(Cl)cc1C(O)C1CCN(C(=O)OC(C)(C)C)CC1. The summed E-state index contributed by atoms with van der Waals surface area (Å²) in [5, 5.41) is 17.2. The zero-order valence-corrected chi connectivity index (χ0v) is 38.6. The summed E-state index contributed by atoms with van der Waals surface area (Å²) in [6.45, 7) is 23.4. The Morgan fingerprint density at radius 1 is 0.597 bits per heavy atom. The van der Waals surface area contributed by atoms with E-state index in [0.29, 0.717) is 84.4 Å². The summed E-state index contributed by atoms with van der Waals surface area (Å²) >= 11 is 12.2. The van der Waals surface area contributed by atoms with Gasteiger partial charge in [-0.05, 0) is 151 Å². The highest BCUT2D eigenvalue weighted by Crippen LogP contribution is 2.37. The van der Waals surface area contributed by atoms with Gasteiger partial charge in [-0.3, -0.25) is 15.4 Å². The lowest BCUT2D eigenvalue weighted by Crippen LogP contribution is -2.43. The second-order valence-electron chi connectivity index (χ2n) is 19.0. The summed E-state index contributed by atoms with van der Waals surface area (Å²) in [7, 11) is 0. The molecule has 2 fully saturated rings. The number of hydrogen-bond acceptors (Lipinski definition) is 10. The number of likely N-dealkylation sites (tertiary alicyclic amines) is 2. The fraction of sp³-hybridized carbons (Fsp3) is 0.630. The standard InChI is InChI=1S/C22H33ClN2O5.C22H31ClN2O5.2CH4/c2*1-21(2,3)29-19(27)24-17-8-7-15(23)13-16(17)18(26)14-9-11-25(12-10-14)20(28)30-22(4,5)6;;/h7-8,13-14,18,26H,9-12H2,1-6H3,(H,24,27);7-8,13-14H,9-12H2,1-6H3,(H,24,27);2*1H4. The van der Waals surface area contributed by atoms with Crippen LogP contribution in [0.5, 0.6) is 0 Å². The van der Waals surface area contributed by atoms with Crippen LogP contribution >= 0.6 is 23.2 Å². The first-order valence-electron chi connectivity index (χ1n) is 20.3. The number of aliphatic hydroxyl groups excluding tert-OH is 1.